The van der Waals surface area contributed by atoms with Gasteiger partial charge in [0.2, 0.25) is 5.91 Å². The predicted molar refractivity (Wildman–Crippen MR) is 93.1 cm³/mol. The number of nitrogens with zero attached hydrogens (tertiary/aromatic N) is 3. The highest BCUT2D eigenvalue weighted by Gasteiger charge is 2.07. The molecule has 0 bridgehead atoms. The normalized spacial score (nSPS) is 10.9. The van der Waals surface area contributed by atoms with Crippen LogP contribution in [-0.4, -0.2) is 27.0 Å². The molecule has 0 saturated carbocycles. The summed E-state index contributed by atoms with van der Waals surface area (Å²) in [5, 5.41) is 6.17. The number of carbonyl (C=O) groups excluding carboxylic acids is 1. The van der Waals surface area contributed by atoms with Gasteiger partial charge in [-0.25, -0.2) is 4.98 Å². The fourth-order valence-corrected chi connectivity index (χ4v) is 2.55. The van der Waals surface area contributed by atoms with Crippen LogP contribution in [0.15, 0.2) is 48.8 Å². The molecule has 2 aromatic heterocycles. The van der Waals surface area contributed by atoms with E-state index in [4.69, 9.17) is 0 Å². The van der Waals surface area contributed by atoms with Crippen molar-refractivity contribution in [1.29, 1.82) is 0 Å². The maximum absolute atomic E-state index is 11.8. The Labute approximate surface area is 140 Å². The van der Waals surface area contributed by atoms with Crippen LogP contribution in [0.2, 0.25) is 0 Å². The van der Waals surface area contributed by atoms with Gasteiger partial charge in [0, 0.05) is 39.0 Å². The van der Waals surface area contributed by atoms with Crippen molar-refractivity contribution in [2.45, 2.75) is 19.5 Å². The Morgan fingerprint density at radius 2 is 2.04 bits per heavy atom. The molecule has 0 radical (unpaired) electrons. The van der Waals surface area contributed by atoms with E-state index in [0.29, 0.717) is 26.1 Å². The van der Waals surface area contributed by atoms with E-state index in [9.17, 15) is 4.79 Å². The number of hydrogen-bond donors (Lipinski definition) is 2. The third-order valence-electron chi connectivity index (χ3n) is 3.90. The second-order valence-electron chi connectivity index (χ2n) is 5.64. The average Bonchev–Trinajstić information content (AvgIpc) is 2.94. The van der Waals surface area contributed by atoms with Crippen molar-refractivity contribution in [2.24, 2.45) is 7.05 Å². The van der Waals surface area contributed by atoms with Crippen molar-refractivity contribution in [2.75, 3.05) is 6.54 Å². The number of aryl methyl sites for hydroxylation is 1. The number of aromatic nitrogens is 3. The lowest BCUT2D eigenvalue weighted by atomic mass is 10.3. The quantitative estimate of drug-likeness (QED) is 0.650. The van der Waals surface area contributed by atoms with Crippen LogP contribution in [0.4, 0.5) is 0 Å². The molecule has 6 heteroatoms. The molecule has 6 nitrogen and oxygen atoms in total. The van der Waals surface area contributed by atoms with Crippen LogP contribution < -0.4 is 10.6 Å². The van der Waals surface area contributed by atoms with Gasteiger partial charge in [0.1, 0.15) is 5.82 Å². The van der Waals surface area contributed by atoms with E-state index in [1.165, 1.54) is 0 Å². The predicted octanol–water partition coefficient (Wildman–Crippen LogP) is 1.76. The SMILES string of the molecule is Cn1c(CNCCC(=O)NCc2cccnc2)nc2ccccc21. The zero-order valence-corrected chi connectivity index (χ0v) is 13.7. The standard InChI is InChI=1S/C18H21N5O/c1-23-16-7-3-2-6-15(16)22-17(23)13-20-10-8-18(24)21-12-14-5-4-9-19-11-14/h2-7,9,11,20H,8,10,12-13H2,1H3,(H,21,24). The molecule has 0 aliphatic carbocycles. The first-order chi connectivity index (χ1) is 11.7. The summed E-state index contributed by atoms with van der Waals surface area (Å²) in [5.41, 5.74) is 3.10. The summed E-state index contributed by atoms with van der Waals surface area (Å²) < 4.78 is 2.07. The van der Waals surface area contributed by atoms with Crippen molar-refractivity contribution in [1.82, 2.24) is 25.2 Å². The molecule has 124 valence electrons. The Kier molecular flexibility index (Phi) is 5.18. The molecule has 0 aliphatic heterocycles. The summed E-state index contributed by atoms with van der Waals surface area (Å²) in [4.78, 5) is 20.5. The molecule has 0 saturated heterocycles. The molecule has 0 fully saturated rings. The molecule has 0 unspecified atom stereocenters. The summed E-state index contributed by atoms with van der Waals surface area (Å²) in [6.07, 6.45) is 3.91. The highest BCUT2D eigenvalue weighted by atomic mass is 16.1. The van der Waals surface area contributed by atoms with E-state index in [1.54, 1.807) is 12.4 Å². The number of nitrogens with one attached hydrogen (secondary N) is 2. The average molecular weight is 323 g/mol. The van der Waals surface area contributed by atoms with Gasteiger partial charge in [-0.15, -0.1) is 0 Å². The zero-order chi connectivity index (χ0) is 16.8. The number of carbonyl (C=O) groups is 1. The van der Waals surface area contributed by atoms with Crippen molar-refractivity contribution < 1.29 is 4.79 Å². The van der Waals surface area contributed by atoms with Gasteiger partial charge in [-0.3, -0.25) is 9.78 Å². The molecule has 2 heterocycles. The number of hydrogen-bond acceptors (Lipinski definition) is 4. The van der Waals surface area contributed by atoms with Gasteiger partial charge in [0.25, 0.3) is 0 Å². The van der Waals surface area contributed by atoms with E-state index in [1.807, 2.05) is 37.4 Å². The molecule has 1 aromatic carbocycles. The van der Waals surface area contributed by atoms with E-state index >= 15 is 0 Å². The molecule has 0 aliphatic rings. The maximum atomic E-state index is 11.8. The van der Waals surface area contributed by atoms with Crippen molar-refractivity contribution in [3.8, 4) is 0 Å². The van der Waals surface area contributed by atoms with Gasteiger partial charge in [-0.1, -0.05) is 18.2 Å². The Balaban J connectivity index is 1.41. The summed E-state index contributed by atoms with van der Waals surface area (Å²) in [6, 6.07) is 11.9. The minimum Gasteiger partial charge on any atom is -0.352 e. The van der Waals surface area contributed by atoms with Crippen molar-refractivity contribution in [3.05, 3.63) is 60.2 Å². The maximum Gasteiger partial charge on any atom is 0.221 e. The lowest BCUT2D eigenvalue weighted by Crippen LogP contribution is -2.27. The number of imidazole rings is 1. The van der Waals surface area contributed by atoms with E-state index in [0.717, 1.165) is 22.4 Å². The van der Waals surface area contributed by atoms with Gasteiger partial charge < -0.3 is 15.2 Å². The van der Waals surface area contributed by atoms with Gasteiger partial charge in [0.15, 0.2) is 0 Å². The van der Waals surface area contributed by atoms with E-state index in [2.05, 4.69) is 31.2 Å². The molecular weight excluding hydrogens is 302 g/mol. The molecular formula is C18H21N5O. The number of fused-ring (bicyclic) bond motifs is 1. The van der Waals surface area contributed by atoms with Crippen LogP contribution >= 0.6 is 0 Å². The number of rotatable bonds is 7. The first kappa shape index (κ1) is 16.1. The van der Waals surface area contributed by atoms with Crippen LogP contribution in [-0.2, 0) is 24.9 Å². The zero-order valence-electron chi connectivity index (χ0n) is 13.7. The van der Waals surface area contributed by atoms with Gasteiger partial charge in [0.05, 0.1) is 17.6 Å². The fourth-order valence-electron chi connectivity index (χ4n) is 2.55. The van der Waals surface area contributed by atoms with Gasteiger partial charge in [-0.05, 0) is 23.8 Å². The van der Waals surface area contributed by atoms with E-state index < -0.39 is 0 Å². The first-order valence-electron chi connectivity index (χ1n) is 8.00. The lowest BCUT2D eigenvalue weighted by molar-refractivity contribution is -0.121. The Bertz CT molecular complexity index is 813. The fraction of sp³-hybridized carbons (Fsp3) is 0.278. The number of benzene rings is 1. The van der Waals surface area contributed by atoms with Crippen LogP contribution in [0.1, 0.15) is 17.8 Å². The third kappa shape index (κ3) is 3.97. The lowest BCUT2D eigenvalue weighted by Gasteiger charge is -2.07. The molecule has 3 rings (SSSR count). The van der Waals surface area contributed by atoms with Crippen LogP contribution in [0, 0.1) is 0 Å². The van der Waals surface area contributed by atoms with Crippen molar-refractivity contribution in [3.63, 3.8) is 0 Å². The van der Waals surface area contributed by atoms with Crippen LogP contribution in [0.25, 0.3) is 11.0 Å². The third-order valence-corrected chi connectivity index (χ3v) is 3.90. The minimum atomic E-state index is 0.0244. The second kappa shape index (κ2) is 7.70. The van der Waals surface area contributed by atoms with Crippen molar-refractivity contribution >= 4 is 16.9 Å². The Hall–Kier alpha value is -2.73. The largest absolute Gasteiger partial charge is 0.352 e. The summed E-state index contributed by atoms with van der Waals surface area (Å²) in [6.45, 7) is 1.76. The summed E-state index contributed by atoms with van der Waals surface area (Å²) in [7, 11) is 2.01. The monoisotopic (exact) mass is 323 g/mol. The van der Waals surface area contributed by atoms with Gasteiger partial charge >= 0.3 is 0 Å². The molecule has 1 amide bonds. The highest BCUT2D eigenvalue weighted by molar-refractivity contribution is 5.76. The van der Waals surface area contributed by atoms with Crippen LogP contribution in [0.5, 0.6) is 0 Å². The van der Waals surface area contributed by atoms with Crippen LogP contribution in [0.3, 0.4) is 0 Å². The highest BCUT2D eigenvalue weighted by Crippen LogP contribution is 2.13. The molecule has 0 spiro atoms. The molecule has 2 N–H and O–H groups in total. The number of para-hydroxylation sites is 2. The smallest absolute Gasteiger partial charge is 0.221 e. The Morgan fingerprint density at radius 1 is 1.17 bits per heavy atom. The minimum absolute atomic E-state index is 0.0244. The summed E-state index contributed by atoms with van der Waals surface area (Å²) in [5.74, 6) is 0.989. The van der Waals surface area contributed by atoms with E-state index in [-0.39, 0.29) is 5.91 Å². The topological polar surface area (TPSA) is 71.8 Å². The number of pyridine rings is 1. The molecule has 0 atom stereocenters. The Morgan fingerprint density at radius 3 is 2.83 bits per heavy atom. The van der Waals surface area contributed by atoms with Gasteiger partial charge in [-0.2, -0.15) is 0 Å². The molecule has 3 aromatic rings. The second-order valence-corrected chi connectivity index (χ2v) is 5.64. The molecule has 24 heavy (non-hydrogen) atoms. The number of amides is 1. The summed E-state index contributed by atoms with van der Waals surface area (Å²) >= 11 is 0. The first-order valence-corrected chi connectivity index (χ1v) is 8.00.